The maximum absolute atomic E-state index is 12.3. The van der Waals surface area contributed by atoms with Gasteiger partial charge in [-0.2, -0.15) is 0 Å². The predicted molar refractivity (Wildman–Crippen MR) is 128 cm³/mol. The van der Waals surface area contributed by atoms with Crippen LogP contribution in [0, 0.1) is 0 Å². The third-order valence-electron chi connectivity index (χ3n) is 5.18. The van der Waals surface area contributed by atoms with E-state index in [1.165, 1.54) is 6.42 Å². The minimum Gasteiger partial charge on any atom is -0.494 e. The predicted octanol–water partition coefficient (Wildman–Crippen LogP) is 4.94. The van der Waals surface area contributed by atoms with Gasteiger partial charge in [0, 0.05) is 11.4 Å². The number of aliphatic imine (C=N–C) groups is 1. The van der Waals surface area contributed by atoms with Gasteiger partial charge in [0.25, 0.3) is 5.91 Å². The van der Waals surface area contributed by atoms with Gasteiger partial charge in [-0.3, -0.25) is 9.79 Å². The maximum Gasteiger partial charge on any atom is 0.262 e. The smallest absolute Gasteiger partial charge is 0.262 e. The Labute approximate surface area is 188 Å². The molecular weight excluding hydrogens is 410 g/mol. The third-order valence-corrected chi connectivity index (χ3v) is 5.97. The van der Waals surface area contributed by atoms with Crippen LogP contribution in [-0.2, 0) is 10.3 Å². The van der Waals surface area contributed by atoms with E-state index in [0.717, 1.165) is 36.3 Å². The van der Waals surface area contributed by atoms with E-state index < -0.39 is 0 Å². The molecule has 6 nitrogen and oxygen atoms in total. The number of unbranched alkanes of at least 4 members (excludes halogenated alkanes) is 2. The Hall–Kier alpha value is -2.67. The van der Waals surface area contributed by atoms with Crippen molar-refractivity contribution < 1.29 is 14.3 Å². The van der Waals surface area contributed by atoms with Crippen LogP contribution in [-0.4, -0.2) is 30.0 Å². The second kappa shape index (κ2) is 11.1. The zero-order valence-electron chi connectivity index (χ0n) is 18.2. The summed E-state index contributed by atoms with van der Waals surface area (Å²) in [7, 11) is 0. The number of amidine groups is 1. The van der Waals surface area contributed by atoms with Crippen molar-refractivity contribution in [1.82, 2.24) is 0 Å². The molecule has 1 aliphatic rings. The number of ether oxygens (including phenoxy) is 2. The second-order valence-corrected chi connectivity index (χ2v) is 8.88. The molecular formula is C24H31N3O3S. The lowest BCUT2D eigenvalue weighted by molar-refractivity contribution is -0.118. The van der Waals surface area contributed by atoms with Crippen LogP contribution in [0.15, 0.2) is 53.5 Å². The number of nitrogens with zero attached hydrogens (tertiary/aromatic N) is 1. The lowest BCUT2D eigenvalue weighted by Gasteiger charge is -2.30. The first-order valence-corrected chi connectivity index (χ1v) is 11.7. The SMILES string of the molecule is CCCCCOc1ccc(NC(=O)COc2cccc(C3(C)CCSC(N)=N3)c2)cc1. The Morgan fingerprint density at radius 1 is 1.16 bits per heavy atom. The zero-order valence-corrected chi connectivity index (χ0v) is 19.0. The first kappa shape index (κ1) is 23.0. The number of hydrogen-bond donors (Lipinski definition) is 2. The number of nitrogens with two attached hydrogens (primary N) is 1. The summed E-state index contributed by atoms with van der Waals surface area (Å²) in [6.45, 7) is 4.88. The topological polar surface area (TPSA) is 85.9 Å². The van der Waals surface area contributed by atoms with E-state index in [1.807, 2.05) is 48.5 Å². The first-order chi connectivity index (χ1) is 15.0. The van der Waals surface area contributed by atoms with Crippen molar-refractivity contribution in [1.29, 1.82) is 0 Å². The highest BCUT2D eigenvalue weighted by Gasteiger charge is 2.29. The number of carbonyl (C=O) groups excluding carboxylic acids is 1. The highest BCUT2D eigenvalue weighted by molar-refractivity contribution is 8.13. The largest absolute Gasteiger partial charge is 0.494 e. The fraction of sp³-hybridized carbons (Fsp3) is 0.417. The number of thioether (sulfide) groups is 1. The number of hydrogen-bond acceptors (Lipinski definition) is 6. The molecule has 1 aliphatic heterocycles. The summed E-state index contributed by atoms with van der Waals surface area (Å²) in [4.78, 5) is 16.9. The van der Waals surface area contributed by atoms with Crippen molar-refractivity contribution in [3.05, 3.63) is 54.1 Å². The van der Waals surface area contributed by atoms with Crippen LogP contribution < -0.4 is 20.5 Å². The van der Waals surface area contributed by atoms with E-state index in [0.29, 0.717) is 23.2 Å². The fourth-order valence-electron chi connectivity index (χ4n) is 3.34. The lowest BCUT2D eigenvalue weighted by Crippen LogP contribution is -2.28. The molecule has 2 aromatic rings. The summed E-state index contributed by atoms with van der Waals surface area (Å²) in [5, 5.41) is 3.45. The first-order valence-electron chi connectivity index (χ1n) is 10.7. The molecule has 0 aliphatic carbocycles. The Morgan fingerprint density at radius 3 is 2.71 bits per heavy atom. The van der Waals surface area contributed by atoms with Gasteiger partial charge in [0.2, 0.25) is 0 Å². The standard InChI is InChI=1S/C24H31N3O3S/c1-3-4-5-14-29-20-11-9-19(10-12-20)26-22(28)17-30-21-8-6-7-18(16-21)24(2)13-15-31-23(25)27-24/h6-12,16H,3-5,13-15,17H2,1-2H3,(H2,25,27)(H,26,28). The molecule has 1 amide bonds. The van der Waals surface area contributed by atoms with E-state index in [9.17, 15) is 4.79 Å². The summed E-state index contributed by atoms with van der Waals surface area (Å²) in [6.07, 6.45) is 4.28. The summed E-state index contributed by atoms with van der Waals surface area (Å²) in [6, 6.07) is 15.1. The van der Waals surface area contributed by atoms with E-state index in [-0.39, 0.29) is 18.1 Å². The monoisotopic (exact) mass is 441 g/mol. The highest BCUT2D eigenvalue weighted by Crippen LogP contribution is 2.36. The van der Waals surface area contributed by atoms with Crippen LogP contribution in [0.5, 0.6) is 11.5 Å². The minimum atomic E-state index is -0.364. The van der Waals surface area contributed by atoms with Gasteiger partial charge in [-0.25, -0.2) is 0 Å². The van der Waals surface area contributed by atoms with E-state index in [2.05, 4.69) is 24.2 Å². The van der Waals surface area contributed by atoms with E-state index in [4.69, 9.17) is 15.2 Å². The minimum absolute atomic E-state index is 0.0727. The van der Waals surface area contributed by atoms with Gasteiger partial charge in [-0.1, -0.05) is 43.7 Å². The number of benzene rings is 2. The van der Waals surface area contributed by atoms with Gasteiger partial charge >= 0.3 is 0 Å². The lowest BCUT2D eigenvalue weighted by atomic mass is 9.90. The van der Waals surface area contributed by atoms with Crippen molar-refractivity contribution in [3.8, 4) is 11.5 Å². The van der Waals surface area contributed by atoms with E-state index in [1.54, 1.807) is 11.8 Å². The number of amides is 1. The molecule has 3 rings (SSSR count). The Kier molecular flexibility index (Phi) is 8.23. The molecule has 0 saturated heterocycles. The van der Waals surface area contributed by atoms with Crippen LogP contribution >= 0.6 is 11.8 Å². The summed E-state index contributed by atoms with van der Waals surface area (Å²) < 4.78 is 11.4. The molecule has 0 aromatic heterocycles. The zero-order chi connectivity index (χ0) is 22.1. The average Bonchev–Trinajstić information content (AvgIpc) is 2.76. The van der Waals surface area contributed by atoms with Gasteiger partial charge in [0.1, 0.15) is 11.5 Å². The molecule has 0 radical (unpaired) electrons. The van der Waals surface area contributed by atoms with Crippen LogP contribution in [0.4, 0.5) is 5.69 Å². The number of anilines is 1. The van der Waals surface area contributed by atoms with Crippen molar-refractivity contribution >= 4 is 28.5 Å². The Bertz CT molecular complexity index is 901. The quantitative estimate of drug-likeness (QED) is 0.510. The third kappa shape index (κ3) is 6.92. The fourth-order valence-corrected chi connectivity index (χ4v) is 4.31. The maximum atomic E-state index is 12.3. The molecule has 166 valence electrons. The summed E-state index contributed by atoms with van der Waals surface area (Å²) in [5.74, 6) is 2.16. The van der Waals surface area contributed by atoms with E-state index >= 15 is 0 Å². The number of rotatable bonds is 10. The van der Waals surface area contributed by atoms with Crippen molar-refractivity contribution in [2.45, 2.75) is 45.1 Å². The number of nitrogens with one attached hydrogen (secondary N) is 1. The van der Waals surface area contributed by atoms with Gasteiger partial charge < -0.3 is 20.5 Å². The average molecular weight is 442 g/mol. The van der Waals surface area contributed by atoms with Gasteiger partial charge in [-0.05, 0) is 61.7 Å². The summed E-state index contributed by atoms with van der Waals surface area (Å²) in [5.41, 5.74) is 7.30. The molecule has 7 heteroatoms. The van der Waals surface area contributed by atoms with Gasteiger partial charge in [-0.15, -0.1) is 0 Å². The normalized spacial score (nSPS) is 18.2. The number of carbonyl (C=O) groups is 1. The Balaban J connectivity index is 1.50. The summed E-state index contributed by atoms with van der Waals surface area (Å²) >= 11 is 1.58. The molecule has 0 bridgehead atoms. The van der Waals surface area contributed by atoms with Crippen LogP contribution in [0.2, 0.25) is 0 Å². The molecule has 1 unspecified atom stereocenters. The molecule has 3 N–H and O–H groups in total. The van der Waals surface area contributed by atoms with Crippen molar-refractivity contribution in [2.24, 2.45) is 10.7 Å². The molecule has 0 saturated carbocycles. The molecule has 31 heavy (non-hydrogen) atoms. The molecule has 2 aromatic carbocycles. The van der Waals surface area contributed by atoms with Crippen LogP contribution in [0.1, 0.15) is 45.1 Å². The van der Waals surface area contributed by atoms with Gasteiger partial charge in [0.15, 0.2) is 11.8 Å². The van der Waals surface area contributed by atoms with Crippen LogP contribution in [0.3, 0.4) is 0 Å². The van der Waals surface area contributed by atoms with Crippen molar-refractivity contribution in [3.63, 3.8) is 0 Å². The van der Waals surface area contributed by atoms with Gasteiger partial charge in [0.05, 0.1) is 12.1 Å². The Morgan fingerprint density at radius 2 is 1.97 bits per heavy atom. The molecule has 0 fully saturated rings. The molecule has 1 atom stereocenters. The second-order valence-electron chi connectivity index (χ2n) is 7.77. The highest BCUT2D eigenvalue weighted by atomic mass is 32.2. The van der Waals surface area contributed by atoms with Crippen molar-refractivity contribution in [2.75, 3.05) is 24.3 Å². The molecule has 0 spiro atoms. The van der Waals surface area contributed by atoms with Crippen LogP contribution in [0.25, 0.3) is 0 Å². The molecule has 1 heterocycles.